The fourth-order valence-corrected chi connectivity index (χ4v) is 6.21. The number of nitrogens with zero attached hydrogens (tertiary/aromatic N) is 1. The Kier molecular flexibility index (Phi) is 5.82. The summed E-state index contributed by atoms with van der Waals surface area (Å²) in [6, 6.07) is 57.6. The van der Waals surface area contributed by atoms with Crippen molar-refractivity contribution in [3.8, 4) is 50.7 Å². The summed E-state index contributed by atoms with van der Waals surface area (Å²) in [7, 11) is 0. The van der Waals surface area contributed by atoms with Crippen LogP contribution in [-0.2, 0) is 0 Å². The van der Waals surface area contributed by atoms with E-state index in [0.717, 1.165) is 66.8 Å². The van der Waals surface area contributed by atoms with Gasteiger partial charge in [0.1, 0.15) is 11.5 Å². The second-order valence-electron chi connectivity index (χ2n) is 10.5. The predicted octanol–water partition coefficient (Wildman–Crippen LogP) is 11.0. The molecule has 2 nitrogen and oxygen atoms in total. The Morgan fingerprint density at radius 2 is 0.881 bits per heavy atom. The number of hydrogen-bond donors (Lipinski definition) is 0. The zero-order chi connectivity index (χ0) is 27.9. The lowest BCUT2D eigenvalue weighted by Crippen LogP contribution is -1.97. The number of furan rings is 1. The zero-order valence-electron chi connectivity index (χ0n) is 22.9. The molecule has 0 atom stereocenters. The van der Waals surface area contributed by atoms with Crippen LogP contribution in [0.3, 0.4) is 0 Å². The molecule has 6 aromatic carbocycles. The standard InChI is InChI=1S/C40H27NO/c1-4-16-28(17-5-1)31-22-10-11-23-32(31)39-33-24-12-13-25-34(33)40(42-39)37-35-26-14-15-27-36(35)41(30-20-8-3-9-21-30)38(37)29-18-6-2-7-19-29/h1-27H. The first-order chi connectivity index (χ1) is 20.9. The maximum absolute atomic E-state index is 7.11. The third kappa shape index (κ3) is 3.88. The minimum Gasteiger partial charge on any atom is -0.455 e. The van der Waals surface area contributed by atoms with Crippen molar-refractivity contribution in [2.75, 3.05) is 0 Å². The van der Waals surface area contributed by atoms with Crippen LogP contribution in [-0.4, -0.2) is 4.57 Å². The molecule has 0 aliphatic rings. The molecule has 2 heteroatoms. The molecule has 198 valence electrons. The van der Waals surface area contributed by atoms with Crippen molar-refractivity contribution < 1.29 is 4.42 Å². The molecule has 0 radical (unpaired) electrons. The van der Waals surface area contributed by atoms with Crippen LogP contribution in [0.4, 0.5) is 0 Å². The van der Waals surface area contributed by atoms with Gasteiger partial charge in [-0.25, -0.2) is 0 Å². The van der Waals surface area contributed by atoms with Crippen molar-refractivity contribution >= 4 is 21.7 Å². The summed E-state index contributed by atoms with van der Waals surface area (Å²) in [6.07, 6.45) is 0. The van der Waals surface area contributed by atoms with Gasteiger partial charge >= 0.3 is 0 Å². The van der Waals surface area contributed by atoms with Gasteiger partial charge in [-0.3, -0.25) is 0 Å². The van der Waals surface area contributed by atoms with Crippen LogP contribution in [0.25, 0.3) is 72.4 Å². The lowest BCUT2D eigenvalue weighted by atomic mass is 9.96. The number of aromatic nitrogens is 1. The summed E-state index contributed by atoms with van der Waals surface area (Å²) < 4.78 is 9.48. The topological polar surface area (TPSA) is 18.1 Å². The number of fused-ring (bicyclic) bond motifs is 2. The van der Waals surface area contributed by atoms with E-state index in [4.69, 9.17) is 4.42 Å². The Bertz CT molecular complexity index is 2170. The van der Waals surface area contributed by atoms with E-state index in [9.17, 15) is 0 Å². The van der Waals surface area contributed by atoms with Gasteiger partial charge in [0.25, 0.3) is 0 Å². The fraction of sp³-hybridized carbons (Fsp3) is 0. The summed E-state index contributed by atoms with van der Waals surface area (Å²) in [5.41, 5.74) is 9.01. The second-order valence-corrected chi connectivity index (χ2v) is 10.5. The molecule has 2 aromatic heterocycles. The minimum atomic E-state index is 0.883. The van der Waals surface area contributed by atoms with Crippen molar-refractivity contribution in [1.29, 1.82) is 0 Å². The monoisotopic (exact) mass is 537 g/mol. The van der Waals surface area contributed by atoms with E-state index in [1.54, 1.807) is 0 Å². The van der Waals surface area contributed by atoms with Crippen LogP contribution < -0.4 is 0 Å². The van der Waals surface area contributed by atoms with Crippen molar-refractivity contribution in [2.24, 2.45) is 0 Å². The number of hydrogen-bond acceptors (Lipinski definition) is 1. The van der Waals surface area contributed by atoms with Gasteiger partial charge in [0.2, 0.25) is 0 Å². The number of para-hydroxylation sites is 2. The van der Waals surface area contributed by atoms with E-state index in [1.165, 1.54) is 5.56 Å². The Morgan fingerprint density at radius 3 is 1.57 bits per heavy atom. The number of benzene rings is 6. The molecule has 42 heavy (non-hydrogen) atoms. The Balaban J connectivity index is 1.49. The lowest BCUT2D eigenvalue weighted by molar-refractivity contribution is 0.603. The van der Waals surface area contributed by atoms with Crippen molar-refractivity contribution in [3.05, 3.63) is 164 Å². The highest BCUT2D eigenvalue weighted by Crippen LogP contribution is 2.48. The van der Waals surface area contributed by atoms with Crippen molar-refractivity contribution in [1.82, 2.24) is 4.57 Å². The van der Waals surface area contributed by atoms with E-state index in [0.29, 0.717) is 0 Å². The van der Waals surface area contributed by atoms with Crippen LogP contribution in [0, 0.1) is 0 Å². The molecule has 0 bridgehead atoms. The van der Waals surface area contributed by atoms with E-state index >= 15 is 0 Å². The maximum atomic E-state index is 7.11. The van der Waals surface area contributed by atoms with E-state index in [-0.39, 0.29) is 0 Å². The smallest absolute Gasteiger partial charge is 0.145 e. The molecule has 8 rings (SSSR count). The molecule has 0 saturated carbocycles. The molecule has 2 heterocycles. The third-order valence-electron chi connectivity index (χ3n) is 8.04. The first-order valence-electron chi connectivity index (χ1n) is 14.3. The summed E-state index contributed by atoms with van der Waals surface area (Å²) in [5, 5.41) is 3.36. The Morgan fingerprint density at radius 1 is 0.381 bits per heavy atom. The predicted molar refractivity (Wildman–Crippen MR) is 175 cm³/mol. The zero-order valence-corrected chi connectivity index (χ0v) is 22.9. The molecule has 0 fully saturated rings. The molecule has 0 aliphatic carbocycles. The first-order valence-corrected chi connectivity index (χ1v) is 14.3. The SMILES string of the molecule is c1ccc(-c2ccccc2-c2oc(-c3c(-c4ccccc4)n(-c4ccccc4)c4ccccc34)c3ccccc23)cc1. The van der Waals surface area contributed by atoms with Gasteiger partial charge in [-0.15, -0.1) is 0 Å². The van der Waals surface area contributed by atoms with Gasteiger partial charge in [0.15, 0.2) is 0 Å². The Hall–Kier alpha value is -5.60. The van der Waals surface area contributed by atoms with Gasteiger partial charge in [0, 0.05) is 27.4 Å². The molecule has 0 spiro atoms. The largest absolute Gasteiger partial charge is 0.455 e. The first kappa shape index (κ1) is 24.2. The van der Waals surface area contributed by atoms with Gasteiger partial charge in [-0.1, -0.05) is 146 Å². The summed E-state index contributed by atoms with van der Waals surface area (Å²) in [6.45, 7) is 0. The van der Waals surface area contributed by atoms with Gasteiger partial charge in [-0.05, 0) is 34.9 Å². The van der Waals surface area contributed by atoms with Crippen LogP contribution >= 0.6 is 0 Å². The summed E-state index contributed by atoms with van der Waals surface area (Å²) in [4.78, 5) is 0. The van der Waals surface area contributed by atoms with E-state index in [2.05, 4.69) is 168 Å². The highest BCUT2D eigenvalue weighted by Gasteiger charge is 2.26. The minimum absolute atomic E-state index is 0.883. The van der Waals surface area contributed by atoms with Crippen LogP contribution in [0.15, 0.2) is 168 Å². The maximum Gasteiger partial charge on any atom is 0.145 e. The molecular formula is C40H27NO. The van der Waals surface area contributed by atoms with Crippen LogP contribution in [0.2, 0.25) is 0 Å². The van der Waals surface area contributed by atoms with Gasteiger partial charge in [0.05, 0.1) is 16.8 Å². The second kappa shape index (κ2) is 10.1. The fourth-order valence-electron chi connectivity index (χ4n) is 6.21. The summed E-state index contributed by atoms with van der Waals surface area (Å²) >= 11 is 0. The van der Waals surface area contributed by atoms with Crippen molar-refractivity contribution in [2.45, 2.75) is 0 Å². The summed E-state index contributed by atoms with van der Waals surface area (Å²) in [5.74, 6) is 1.77. The third-order valence-corrected chi connectivity index (χ3v) is 8.04. The quantitative estimate of drug-likeness (QED) is 0.213. The molecule has 0 amide bonds. The Labute approximate surface area is 244 Å². The van der Waals surface area contributed by atoms with Gasteiger partial charge in [-0.2, -0.15) is 0 Å². The molecular weight excluding hydrogens is 510 g/mol. The van der Waals surface area contributed by atoms with Gasteiger partial charge < -0.3 is 8.98 Å². The van der Waals surface area contributed by atoms with Crippen molar-refractivity contribution in [3.63, 3.8) is 0 Å². The average Bonchev–Trinajstić information content (AvgIpc) is 3.62. The highest BCUT2D eigenvalue weighted by atomic mass is 16.3. The molecule has 0 aliphatic heterocycles. The normalized spacial score (nSPS) is 11.3. The van der Waals surface area contributed by atoms with Crippen LogP contribution in [0.5, 0.6) is 0 Å². The van der Waals surface area contributed by atoms with E-state index in [1.807, 2.05) is 0 Å². The molecule has 8 aromatic rings. The highest BCUT2D eigenvalue weighted by molar-refractivity contribution is 6.13. The number of rotatable bonds is 5. The molecule has 0 saturated heterocycles. The lowest BCUT2D eigenvalue weighted by Gasteiger charge is -2.13. The molecule has 0 unspecified atom stereocenters. The van der Waals surface area contributed by atoms with E-state index < -0.39 is 0 Å². The molecule has 0 N–H and O–H groups in total. The van der Waals surface area contributed by atoms with Crippen LogP contribution in [0.1, 0.15) is 0 Å². The average molecular weight is 538 g/mol.